The Morgan fingerprint density at radius 2 is 2.16 bits per heavy atom. The van der Waals surface area contributed by atoms with Crippen LogP contribution < -0.4 is 10.5 Å². The van der Waals surface area contributed by atoms with E-state index in [0.29, 0.717) is 11.6 Å². The third kappa shape index (κ3) is 3.69. The Morgan fingerprint density at radius 3 is 2.74 bits per heavy atom. The molecule has 0 aliphatic carbocycles. The minimum Gasteiger partial charge on any atom is -0.486 e. The summed E-state index contributed by atoms with van der Waals surface area (Å²) in [5.41, 5.74) is 6.72. The van der Waals surface area contributed by atoms with Gasteiger partial charge in [0, 0.05) is 15.4 Å². The average Bonchev–Trinajstić information content (AvgIpc) is 2.68. The van der Waals surface area contributed by atoms with Crippen LogP contribution in [-0.4, -0.2) is 4.98 Å². The standard InChI is InChI=1S/C14H17ClN2OS/c1-9-13(14(2,3)16)19-12(17-9)8-18-11-6-4-5-10(15)7-11/h4-7H,8,16H2,1-3H3. The first kappa shape index (κ1) is 14.3. The molecule has 2 N–H and O–H groups in total. The van der Waals surface area contributed by atoms with E-state index in [1.807, 2.05) is 39.0 Å². The first-order chi connectivity index (χ1) is 8.86. The first-order valence-corrected chi connectivity index (χ1v) is 7.20. The molecule has 0 unspecified atom stereocenters. The minimum atomic E-state index is -0.365. The lowest BCUT2D eigenvalue weighted by Crippen LogP contribution is -2.28. The van der Waals surface area contributed by atoms with Crippen molar-refractivity contribution in [1.82, 2.24) is 4.98 Å². The Hall–Kier alpha value is -1.10. The summed E-state index contributed by atoms with van der Waals surface area (Å²) in [5, 5.41) is 1.59. The van der Waals surface area contributed by atoms with Gasteiger partial charge in [-0.25, -0.2) is 4.98 Å². The summed E-state index contributed by atoms with van der Waals surface area (Å²) in [4.78, 5) is 5.59. The van der Waals surface area contributed by atoms with Crippen LogP contribution in [0.5, 0.6) is 5.75 Å². The molecule has 0 radical (unpaired) electrons. The fourth-order valence-electron chi connectivity index (χ4n) is 1.81. The van der Waals surface area contributed by atoms with Crippen LogP contribution in [0.4, 0.5) is 0 Å². The molecule has 5 heteroatoms. The molecule has 0 aliphatic heterocycles. The highest BCUT2D eigenvalue weighted by atomic mass is 35.5. The van der Waals surface area contributed by atoms with E-state index in [0.717, 1.165) is 21.3 Å². The molecule has 1 aromatic carbocycles. The van der Waals surface area contributed by atoms with Crippen molar-refractivity contribution in [3.63, 3.8) is 0 Å². The van der Waals surface area contributed by atoms with E-state index in [2.05, 4.69) is 4.98 Å². The summed E-state index contributed by atoms with van der Waals surface area (Å²) < 4.78 is 5.68. The predicted molar refractivity (Wildman–Crippen MR) is 79.8 cm³/mol. The van der Waals surface area contributed by atoms with Crippen molar-refractivity contribution in [3.8, 4) is 5.75 Å². The zero-order valence-corrected chi connectivity index (χ0v) is 12.8. The topological polar surface area (TPSA) is 48.1 Å². The summed E-state index contributed by atoms with van der Waals surface area (Å²) in [6, 6.07) is 7.34. The van der Waals surface area contributed by atoms with E-state index < -0.39 is 0 Å². The number of halogens is 1. The van der Waals surface area contributed by atoms with Crippen LogP contribution in [0.15, 0.2) is 24.3 Å². The van der Waals surface area contributed by atoms with Crippen molar-refractivity contribution >= 4 is 22.9 Å². The third-order valence-corrected chi connectivity index (χ3v) is 4.29. The predicted octanol–water partition coefficient (Wildman–Crippen LogP) is 3.88. The van der Waals surface area contributed by atoms with Crippen molar-refractivity contribution in [2.24, 2.45) is 5.73 Å². The van der Waals surface area contributed by atoms with Gasteiger partial charge < -0.3 is 10.5 Å². The maximum atomic E-state index is 6.11. The van der Waals surface area contributed by atoms with Crippen LogP contribution in [0.1, 0.15) is 29.4 Å². The van der Waals surface area contributed by atoms with Crippen LogP contribution in [-0.2, 0) is 12.1 Å². The number of benzene rings is 1. The normalized spacial score (nSPS) is 11.6. The van der Waals surface area contributed by atoms with Crippen LogP contribution in [0.3, 0.4) is 0 Å². The van der Waals surface area contributed by atoms with Gasteiger partial charge in [0.1, 0.15) is 17.4 Å². The number of ether oxygens (including phenoxy) is 1. The Morgan fingerprint density at radius 1 is 1.42 bits per heavy atom. The number of nitrogens with two attached hydrogens (primary N) is 1. The highest BCUT2D eigenvalue weighted by Crippen LogP contribution is 2.28. The molecule has 0 saturated carbocycles. The Kier molecular flexibility index (Phi) is 4.13. The molecule has 1 aromatic heterocycles. The number of aromatic nitrogens is 1. The van der Waals surface area contributed by atoms with Gasteiger partial charge in [0.05, 0.1) is 5.69 Å². The maximum Gasteiger partial charge on any atom is 0.140 e. The number of nitrogens with zero attached hydrogens (tertiary/aromatic N) is 1. The van der Waals surface area contributed by atoms with Gasteiger partial charge in [0.2, 0.25) is 0 Å². The second kappa shape index (κ2) is 5.49. The summed E-state index contributed by atoms with van der Waals surface area (Å²) in [6.45, 7) is 6.37. The van der Waals surface area contributed by atoms with Gasteiger partial charge in [-0.3, -0.25) is 0 Å². The van der Waals surface area contributed by atoms with Crippen LogP contribution in [0.2, 0.25) is 5.02 Å². The molecule has 3 nitrogen and oxygen atoms in total. The SMILES string of the molecule is Cc1nc(COc2cccc(Cl)c2)sc1C(C)(C)N. The molecule has 0 fully saturated rings. The van der Waals surface area contributed by atoms with Gasteiger partial charge in [-0.2, -0.15) is 0 Å². The van der Waals surface area contributed by atoms with Crippen LogP contribution in [0.25, 0.3) is 0 Å². The maximum absolute atomic E-state index is 6.11. The summed E-state index contributed by atoms with van der Waals surface area (Å²) >= 11 is 7.50. The largest absolute Gasteiger partial charge is 0.486 e. The smallest absolute Gasteiger partial charge is 0.140 e. The quantitative estimate of drug-likeness (QED) is 0.931. The van der Waals surface area contributed by atoms with E-state index >= 15 is 0 Å². The molecule has 2 rings (SSSR count). The van der Waals surface area contributed by atoms with Crippen molar-refractivity contribution in [3.05, 3.63) is 44.9 Å². The highest BCUT2D eigenvalue weighted by molar-refractivity contribution is 7.11. The van der Waals surface area contributed by atoms with Crippen LogP contribution in [0, 0.1) is 6.92 Å². The monoisotopic (exact) mass is 296 g/mol. The zero-order valence-electron chi connectivity index (χ0n) is 11.2. The Labute approximate surface area is 122 Å². The van der Waals surface area contributed by atoms with Gasteiger partial charge in [0.25, 0.3) is 0 Å². The van der Waals surface area contributed by atoms with E-state index in [9.17, 15) is 0 Å². The van der Waals surface area contributed by atoms with E-state index in [1.165, 1.54) is 0 Å². The molecule has 0 atom stereocenters. The molecule has 0 saturated heterocycles. The molecular weight excluding hydrogens is 280 g/mol. The second-order valence-corrected chi connectivity index (χ2v) is 6.51. The van der Waals surface area contributed by atoms with E-state index in [1.54, 1.807) is 17.4 Å². The average molecular weight is 297 g/mol. The lowest BCUT2D eigenvalue weighted by atomic mass is 10.0. The molecule has 102 valence electrons. The van der Waals surface area contributed by atoms with Crippen molar-refractivity contribution in [2.75, 3.05) is 0 Å². The molecule has 0 bridgehead atoms. The minimum absolute atomic E-state index is 0.365. The molecule has 0 amide bonds. The van der Waals surface area contributed by atoms with E-state index in [-0.39, 0.29) is 5.54 Å². The van der Waals surface area contributed by atoms with Crippen molar-refractivity contribution < 1.29 is 4.74 Å². The van der Waals surface area contributed by atoms with Gasteiger partial charge in [-0.05, 0) is 39.0 Å². The van der Waals surface area contributed by atoms with Gasteiger partial charge in [0.15, 0.2) is 0 Å². The fraction of sp³-hybridized carbons (Fsp3) is 0.357. The fourth-order valence-corrected chi connectivity index (χ4v) is 2.99. The highest BCUT2D eigenvalue weighted by Gasteiger charge is 2.21. The summed E-state index contributed by atoms with van der Waals surface area (Å²) in [6.07, 6.45) is 0. The molecule has 2 aromatic rings. The molecule has 19 heavy (non-hydrogen) atoms. The lowest BCUT2D eigenvalue weighted by Gasteiger charge is -2.16. The lowest BCUT2D eigenvalue weighted by molar-refractivity contribution is 0.305. The molecule has 0 aliphatic rings. The Bertz CT molecular complexity index is 575. The first-order valence-electron chi connectivity index (χ1n) is 6.00. The Balaban J connectivity index is 2.09. The number of aryl methyl sites for hydroxylation is 1. The number of rotatable bonds is 4. The zero-order chi connectivity index (χ0) is 14.0. The number of hydrogen-bond donors (Lipinski definition) is 1. The van der Waals surface area contributed by atoms with Gasteiger partial charge in [-0.1, -0.05) is 17.7 Å². The van der Waals surface area contributed by atoms with Crippen molar-refractivity contribution in [2.45, 2.75) is 32.9 Å². The molecule has 0 spiro atoms. The second-order valence-electron chi connectivity index (χ2n) is 4.99. The number of thiazole rings is 1. The van der Waals surface area contributed by atoms with Crippen molar-refractivity contribution in [1.29, 1.82) is 0 Å². The molecule has 1 heterocycles. The molecular formula is C14H17ClN2OS. The van der Waals surface area contributed by atoms with E-state index in [4.69, 9.17) is 22.1 Å². The van der Waals surface area contributed by atoms with Gasteiger partial charge >= 0.3 is 0 Å². The van der Waals surface area contributed by atoms with Crippen LogP contribution >= 0.6 is 22.9 Å². The van der Waals surface area contributed by atoms with Gasteiger partial charge in [-0.15, -0.1) is 11.3 Å². The summed E-state index contributed by atoms with van der Waals surface area (Å²) in [5.74, 6) is 0.744. The third-order valence-electron chi connectivity index (χ3n) is 2.58. The number of hydrogen-bond acceptors (Lipinski definition) is 4. The summed E-state index contributed by atoms with van der Waals surface area (Å²) in [7, 11) is 0.